The maximum atomic E-state index is 12.2. The molecule has 0 spiro atoms. The molecule has 120 valence electrons. The molecule has 0 saturated carbocycles. The first-order valence-electron chi connectivity index (χ1n) is 7.91. The minimum atomic E-state index is 0.0545. The molecule has 2 aromatic carbocycles. The highest BCUT2D eigenvalue weighted by atomic mass is 79.9. The summed E-state index contributed by atoms with van der Waals surface area (Å²) in [5.74, 6) is 0.0812. The van der Waals surface area contributed by atoms with Crippen molar-refractivity contribution >= 4 is 21.8 Å². The van der Waals surface area contributed by atoms with Crippen LogP contribution < -0.4 is 5.32 Å². The smallest absolute Gasteiger partial charge is 0.224 e. The van der Waals surface area contributed by atoms with Crippen molar-refractivity contribution in [3.05, 3.63) is 70.2 Å². The maximum Gasteiger partial charge on any atom is 0.224 e. The van der Waals surface area contributed by atoms with Gasteiger partial charge >= 0.3 is 0 Å². The van der Waals surface area contributed by atoms with Crippen LogP contribution in [0.1, 0.15) is 30.1 Å². The number of hydrogen-bond acceptors (Lipinski definition) is 2. The van der Waals surface area contributed by atoms with E-state index in [4.69, 9.17) is 4.74 Å². The van der Waals surface area contributed by atoms with Crippen molar-refractivity contribution < 1.29 is 9.53 Å². The Kier molecular flexibility index (Phi) is 5.47. The Morgan fingerprint density at radius 3 is 2.61 bits per heavy atom. The van der Waals surface area contributed by atoms with Crippen LogP contribution in [0.15, 0.2) is 59.1 Å². The van der Waals surface area contributed by atoms with Crippen molar-refractivity contribution in [2.75, 3.05) is 6.61 Å². The van der Waals surface area contributed by atoms with Crippen LogP contribution in [-0.2, 0) is 16.0 Å². The second-order valence-electron chi connectivity index (χ2n) is 5.86. The minimum absolute atomic E-state index is 0.0545. The molecule has 1 N–H and O–H groups in total. The van der Waals surface area contributed by atoms with E-state index in [1.807, 2.05) is 42.5 Å². The number of amides is 1. The Morgan fingerprint density at radius 1 is 1.13 bits per heavy atom. The molecular weight excluding hydrogens is 354 g/mol. The largest absolute Gasteiger partial charge is 0.373 e. The summed E-state index contributed by atoms with van der Waals surface area (Å²) in [6.45, 7) is 0.678. The first-order valence-corrected chi connectivity index (χ1v) is 8.70. The number of halogens is 1. The molecule has 0 unspecified atom stereocenters. The van der Waals surface area contributed by atoms with Gasteiger partial charge in [0.25, 0.3) is 0 Å². The fraction of sp³-hybridized carbons (Fsp3) is 0.316. The number of ether oxygens (including phenoxy) is 1. The van der Waals surface area contributed by atoms with Crippen LogP contribution in [0.3, 0.4) is 0 Å². The number of benzene rings is 2. The monoisotopic (exact) mass is 373 g/mol. The van der Waals surface area contributed by atoms with E-state index in [9.17, 15) is 4.79 Å². The van der Waals surface area contributed by atoms with Crippen molar-refractivity contribution in [1.29, 1.82) is 0 Å². The third-order valence-electron chi connectivity index (χ3n) is 4.10. The van der Waals surface area contributed by atoms with Crippen LogP contribution in [0.2, 0.25) is 0 Å². The highest BCUT2D eigenvalue weighted by molar-refractivity contribution is 9.10. The number of rotatable bonds is 4. The molecule has 1 heterocycles. The summed E-state index contributed by atoms with van der Waals surface area (Å²) in [5.41, 5.74) is 2.21. The van der Waals surface area contributed by atoms with Gasteiger partial charge in [0.2, 0.25) is 5.91 Å². The second kappa shape index (κ2) is 7.75. The van der Waals surface area contributed by atoms with Crippen LogP contribution in [0.4, 0.5) is 0 Å². The molecule has 1 saturated heterocycles. The van der Waals surface area contributed by atoms with Gasteiger partial charge in [-0.3, -0.25) is 4.79 Å². The zero-order valence-corrected chi connectivity index (χ0v) is 14.5. The fourth-order valence-corrected chi connectivity index (χ4v) is 3.16. The number of nitrogens with one attached hydrogen (secondary N) is 1. The molecule has 1 fully saturated rings. The van der Waals surface area contributed by atoms with E-state index in [0.717, 1.165) is 28.4 Å². The topological polar surface area (TPSA) is 38.3 Å². The van der Waals surface area contributed by atoms with Gasteiger partial charge in [0, 0.05) is 17.1 Å². The maximum absolute atomic E-state index is 12.2. The SMILES string of the molecule is O=C(Cc1ccccc1)N[C@H]1CCO[C@@H](c2ccc(Br)cc2)C1. The standard InChI is InChI=1S/C19H20BrNO2/c20-16-8-6-15(7-9-16)18-13-17(10-11-23-18)21-19(22)12-14-4-2-1-3-5-14/h1-9,17-18H,10-13H2,(H,21,22)/t17-,18+/m0/s1. The molecule has 23 heavy (non-hydrogen) atoms. The van der Waals surface area contributed by atoms with E-state index in [0.29, 0.717) is 13.0 Å². The summed E-state index contributed by atoms with van der Waals surface area (Å²) in [7, 11) is 0. The minimum Gasteiger partial charge on any atom is -0.373 e. The number of carbonyl (C=O) groups excluding carboxylic acids is 1. The summed E-state index contributed by atoms with van der Waals surface area (Å²) >= 11 is 3.45. The molecule has 0 aromatic heterocycles. The van der Waals surface area contributed by atoms with Crippen LogP contribution in [-0.4, -0.2) is 18.6 Å². The van der Waals surface area contributed by atoms with E-state index in [-0.39, 0.29) is 18.1 Å². The third-order valence-corrected chi connectivity index (χ3v) is 4.63. The van der Waals surface area contributed by atoms with Crippen molar-refractivity contribution in [2.24, 2.45) is 0 Å². The average molecular weight is 374 g/mol. The lowest BCUT2D eigenvalue weighted by molar-refractivity contribution is -0.122. The van der Waals surface area contributed by atoms with Crippen LogP contribution >= 0.6 is 15.9 Å². The average Bonchev–Trinajstić information content (AvgIpc) is 2.56. The number of hydrogen-bond donors (Lipinski definition) is 1. The van der Waals surface area contributed by atoms with Gasteiger partial charge in [-0.2, -0.15) is 0 Å². The zero-order valence-electron chi connectivity index (χ0n) is 12.9. The van der Waals surface area contributed by atoms with Gasteiger partial charge in [-0.1, -0.05) is 58.4 Å². The lowest BCUT2D eigenvalue weighted by atomic mass is 9.97. The Balaban J connectivity index is 1.56. The summed E-state index contributed by atoms with van der Waals surface area (Å²) in [6, 6.07) is 18.2. The molecule has 0 bridgehead atoms. The molecule has 1 aliphatic rings. The second-order valence-corrected chi connectivity index (χ2v) is 6.78. The van der Waals surface area contributed by atoms with Gasteiger partial charge < -0.3 is 10.1 Å². The Hall–Kier alpha value is -1.65. The highest BCUT2D eigenvalue weighted by Gasteiger charge is 2.25. The Labute approximate surface area is 145 Å². The fourth-order valence-electron chi connectivity index (χ4n) is 2.90. The molecule has 2 aromatic rings. The first kappa shape index (κ1) is 16.2. The summed E-state index contributed by atoms with van der Waals surface area (Å²) in [6.07, 6.45) is 2.18. The summed E-state index contributed by atoms with van der Waals surface area (Å²) < 4.78 is 6.93. The van der Waals surface area contributed by atoms with Gasteiger partial charge in [-0.15, -0.1) is 0 Å². The van der Waals surface area contributed by atoms with Gasteiger partial charge in [0.1, 0.15) is 0 Å². The molecule has 4 heteroatoms. The lowest BCUT2D eigenvalue weighted by Gasteiger charge is -2.30. The van der Waals surface area contributed by atoms with E-state index in [1.54, 1.807) is 0 Å². The van der Waals surface area contributed by atoms with Gasteiger partial charge in [0.15, 0.2) is 0 Å². The molecule has 2 atom stereocenters. The predicted molar refractivity (Wildman–Crippen MR) is 94.1 cm³/mol. The normalized spacial score (nSPS) is 20.9. The Morgan fingerprint density at radius 2 is 1.87 bits per heavy atom. The van der Waals surface area contributed by atoms with E-state index in [2.05, 4.69) is 33.4 Å². The summed E-state index contributed by atoms with van der Waals surface area (Å²) in [4.78, 5) is 12.2. The summed E-state index contributed by atoms with van der Waals surface area (Å²) in [5, 5.41) is 3.15. The van der Waals surface area contributed by atoms with Crippen molar-refractivity contribution in [3.63, 3.8) is 0 Å². The van der Waals surface area contributed by atoms with E-state index >= 15 is 0 Å². The van der Waals surface area contributed by atoms with Gasteiger partial charge in [-0.05, 0) is 36.1 Å². The predicted octanol–water partition coefficient (Wildman–Crippen LogP) is 4.03. The third kappa shape index (κ3) is 4.66. The van der Waals surface area contributed by atoms with Crippen LogP contribution in [0.25, 0.3) is 0 Å². The van der Waals surface area contributed by atoms with Gasteiger partial charge in [0.05, 0.1) is 12.5 Å². The van der Waals surface area contributed by atoms with Crippen LogP contribution in [0.5, 0.6) is 0 Å². The zero-order chi connectivity index (χ0) is 16.1. The first-order chi connectivity index (χ1) is 11.2. The van der Waals surface area contributed by atoms with Crippen LogP contribution in [0, 0.1) is 0 Å². The molecule has 1 amide bonds. The van der Waals surface area contributed by atoms with Crippen molar-refractivity contribution in [3.8, 4) is 0 Å². The lowest BCUT2D eigenvalue weighted by Crippen LogP contribution is -2.40. The van der Waals surface area contributed by atoms with Gasteiger partial charge in [-0.25, -0.2) is 0 Å². The molecule has 0 aliphatic carbocycles. The molecule has 3 rings (SSSR count). The molecule has 3 nitrogen and oxygen atoms in total. The highest BCUT2D eigenvalue weighted by Crippen LogP contribution is 2.29. The number of carbonyl (C=O) groups is 1. The molecule has 1 aliphatic heterocycles. The van der Waals surface area contributed by atoms with Crippen molar-refractivity contribution in [1.82, 2.24) is 5.32 Å². The van der Waals surface area contributed by atoms with E-state index in [1.165, 1.54) is 0 Å². The van der Waals surface area contributed by atoms with E-state index < -0.39 is 0 Å². The van der Waals surface area contributed by atoms with Crippen molar-refractivity contribution in [2.45, 2.75) is 31.4 Å². The molecular formula is C19H20BrNO2. The molecule has 0 radical (unpaired) electrons. The quantitative estimate of drug-likeness (QED) is 0.878. The Bertz CT molecular complexity index is 642.